The molecule has 152 valence electrons. The number of amides is 2. The molecule has 10 nitrogen and oxygen atoms in total. The van der Waals surface area contributed by atoms with Crippen LogP contribution in [-0.4, -0.2) is 31.3 Å². The lowest BCUT2D eigenvalue weighted by Crippen LogP contribution is -2.28. The largest absolute Gasteiger partial charge is 0.336 e. The molecule has 0 bridgehead atoms. The van der Waals surface area contributed by atoms with Gasteiger partial charge in [0, 0.05) is 37.7 Å². The number of carbonyl (C=O) groups is 2. The van der Waals surface area contributed by atoms with Crippen molar-refractivity contribution in [1.29, 1.82) is 0 Å². The zero-order valence-electron chi connectivity index (χ0n) is 16.4. The summed E-state index contributed by atoms with van der Waals surface area (Å²) in [5.41, 5.74) is 1.40. The van der Waals surface area contributed by atoms with E-state index in [0.29, 0.717) is 23.6 Å². The van der Waals surface area contributed by atoms with Gasteiger partial charge >= 0.3 is 5.69 Å². The van der Waals surface area contributed by atoms with Crippen molar-refractivity contribution in [2.24, 2.45) is 7.05 Å². The fraction of sp³-hybridized carbons (Fsp3) is 0.316. The number of carbonyl (C=O) groups excluding carboxylic acids is 2. The maximum atomic E-state index is 12.4. The molecule has 10 heteroatoms. The summed E-state index contributed by atoms with van der Waals surface area (Å²) in [7, 11) is 1.50. The van der Waals surface area contributed by atoms with E-state index in [0.717, 1.165) is 5.56 Å². The second-order valence-corrected chi connectivity index (χ2v) is 6.68. The van der Waals surface area contributed by atoms with E-state index in [2.05, 4.69) is 25.6 Å². The van der Waals surface area contributed by atoms with Gasteiger partial charge in [0.2, 0.25) is 11.8 Å². The molecular weight excluding hydrogens is 376 g/mol. The van der Waals surface area contributed by atoms with Crippen molar-refractivity contribution in [2.75, 3.05) is 10.6 Å². The summed E-state index contributed by atoms with van der Waals surface area (Å²) in [5.74, 6) is 0.0817. The molecule has 0 atom stereocenters. The lowest BCUT2D eigenvalue weighted by atomic mass is 10.1. The number of aromatic amines is 2. The number of nitrogens with zero attached hydrogens (tertiary/aromatic N) is 2. The smallest absolute Gasteiger partial charge is 0.329 e. The van der Waals surface area contributed by atoms with Crippen LogP contribution in [0.1, 0.15) is 31.2 Å². The van der Waals surface area contributed by atoms with Gasteiger partial charge in [-0.25, -0.2) is 9.78 Å². The fourth-order valence-electron chi connectivity index (χ4n) is 2.80. The molecule has 0 aliphatic carbocycles. The van der Waals surface area contributed by atoms with Gasteiger partial charge in [0.25, 0.3) is 5.56 Å². The number of aryl methyl sites for hydroxylation is 3. The highest BCUT2D eigenvalue weighted by Crippen LogP contribution is 2.21. The van der Waals surface area contributed by atoms with E-state index in [9.17, 15) is 19.2 Å². The molecule has 2 amide bonds. The summed E-state index contributed by atoms with van der Waals surface area (Å²) in [6.07, 6.45) is 0.748. The van der Waals surface area contributed by atoms with Gasteiger partial charge in [-0.05, 0) is 24.6 Å². The molecule has 0 saturated carbocycles. The molecule has 0 fully saturated rings. The average Bonchev–Trinajstić information content (AvgIpc) is 3.12. The van der Waals surface area contributed by atoms with Crippen LogP contribution in [-0.2, 0) is 23.1 Å². The molecule has 0 spiro atoms. The average molecular weight is 398 g/mol. The van der Waals surface area contributed by atoms with Crippen molar-refractivity contribution in [1.82, 2.24) is 19.5 Å². The lowest BCUT2D eigenvalue weighted by molar-refractivity contribution is -0.116. The minimum Gasteiger partial charge on any atom is -0.336 e. The van der Waals surface area contributed by atoms with Crippen molar-refractivity contribution in [3.63, 3.8) is 0 Å². The van der Waals surface area contributed by atoms with Gasteiger partial charge in [0.05, 0.1) is 0 Å². The van der Waals surface area contributed by atoms with Gasteiger partial charge in [-0.3, -0.25) is 23.9 Å². The molecule has 2 aromatic heterocycles. The third-order valence-corrected chi connectivity index (χ3v) is 4.51. The molecule has 0 radical (unpaired) electrons. The summed E-state index contributed by atoms with van der Waals surface area (Å²) >= 11 is 0. The van der Waals surface area contributed by atoms with Crippen molar-refractivity contribution in [2.45, 2.75) is 33.1 Å². The summed E-state index contributed by atoms with van der Waals surface area (Å²) in [6.45, 7) is 3.61. The Kier molecular flexibility index (Phi) is 5.62. The maximum absolute atomic E-state index is 12.4. The maximum Gasteiger partial charge on any atom is 0.329 e. The number of fused-ring (bicyclic) bond motifs is 1. The predicted octanol–water partition coefficient (Wildman–Crippen LogP) is 1.18. The monoisotopic (exact) mass is 398 g/mol. The lowest BCUT2D eigenvalue weighted by Gasteiger charge is -2.11. The third-order valence-electron chi connectivity index (χ3n) is 4.51. The van der Waals surface area contributed by atoms with Crippen LogP contribution < -0.4 is 21.9 Å². The highest BCUT2D eigenvalue weighted by molar-refractivity contribution is 5.94. The molecule has 3 rings (SSSR count). The number of anilines is 2. The Morgan fingerprint density at radius 2 is 1.90 bits per heavy atom. The number of imidazole rings is 1. The Morgan fingerprint density at radius 1 is 1.14 bits per heavy atom. The Morgan fingerprint density at radius 3 is 2.62 bits per heavy atom. The van der Waals surface area contributed by atoms with E-state index >= 15 is 0 Å². The van der Waals surface area contributed by atoms with Crippen LogP contribution in [0, 0.1) is 6.92 Å². The molecule has 4 N–H and O–H groups in total. The highest BCUT2D eigenvalue weighted by Gasteiger charge is 2.13. The minimum absolute atomic E-state index is 0.111. The highest BCUT2D eigenvalue weighted by atomic mass is 16.2. The van der Waals surface area contributed by atoms with E-state index in [-0.39, 0.29) is 35.8 Å². The van der Waals surface area contributed by atoms with E-state index in [1.165, 1.54) is 11.6 Å². The second-order valence-electron chi connectivity index (χ2n) is 6.68. The van der Waals surface area contributed by atoms with E-state index < -0.39 is 11.2 Å². The normalized spacial score (nSPS) is 10.9. The van der Waals surface area contributed by atoms with Crippen LogP contribution in [0.5, 0.6) is 0 Å². The Labute approximate surface area is 165 Å². The van der Waals surface area contributed by atoms with Gasteiger partial charge in [-0.15, -0.1) is 0 Å². The summed E-state index contributed by atoms with van der Waals surface area (Å²) < 4.78 is 1.23. The molecule has 0 aliphatic heterocycles. The molecule has 0 unspecified atom stereocenters. The molecule has 2 heterocycles. The van der Waals surface area contributed by atoms with Crippen molar-refractivity contribution in [3.05, 3.63) is 50.4 Å². The number of hydrogen-bond donors (Lipinski definition) is 4. The second kappa shape index (κ2) is 8.13. The number of nitrogens with one attached hydrogen (secondary N) is 4. The first-order chi connectivity index (χ1) is 13.8. The Hall–Kier alpha value is -3.69. The molecule has 29 heavy (non-hydrogen) atoms. The van der Waals surface area contributed by atoms with Crippen molar-refractivity contribution < 1.29 is 9.59 Å². The van der Waals surface area contributed by atoms with Crippen LogP contribution in [0.15, 0.2) is 27.8 Å². The fourth-order valence-corrected chi connectivity index (χ4v) is 2.80. The van der Waals surface area contributed by atoms with Crippen LogP contribution >= 0.6 is 0 Å². The van der Waals surface area contributed by atoms with Gasteiger partial charge < -0.3 is 15.6 Å². The first-order valence-corrected chi connectivity index (χ1v) is 9.16. The zero-order valence-corrected chi connectivity index (χ0v) is 16.4. The summed E-state index contributed by atoms with van der Waals surface area (Å²) in [5, 5.41) is 5.58. The van der Waals surface area contributed by atoms with E-state index in [1.54, 1.807) is 19.1 Å². The molecular formula is C19H22N6O4. The zero-order chi connectivity index (χ0) is 21.1. The summed E-state index contributed by atoms with van der Waals surface area (Å²) in [4.78, 5) is 56.7. The number of aromatic nitrogens is 4. The minimum atomic E-state index is -0.552. The van der Waals surface area contributed by atoms with Crippen LogP contribution in [0.25, 0.3) is 11.2 Å². The topological polar surface area (TPSA) is 142 Å². The first-order valence-electron chi connectivity index (χ1n) is 9.16. The molecule has 0 saturated heterocycles. The van der Waals surface area contributed by atoms with E-state index in [1.807, 2.05) is 13.0 Å². The summed E-state index contributed by atoms with van der Waals surface area (Å²) in [6, 6.07) is 5.29. The number of H-pyrrole nitrogens is 2. The Bertz CT molecular complexity index is 1200. The van der Waals surface area contributed by atoms with Crippen LogP contribution in [0.2, 0.25) is 0 Å². The standard InChI is InChI=1S/C19H22N6O4/c1-4-14(26)20-11-6-5-10(2)12(9-11)21-15(27)8-7-13-22-16-17(23-13)25(3)19(29)24-18(16)28/h5-6,9H,4,7-8H2,1-3H3,(H,20,26)(H,21,27)(H,22,23)(H,24,28,29). The number of rotatable bonds is 6. The van der Waals surface area contributed by atoms with Crippen molar-refractivity contribution >= 4 is 34.4 Å². The first kappa shape index (κ1) is 20.1. The third kappa shape index (κ3) is 4.42. The van der Waals surface area contributed by atoms with E-state index in [4.69, 9.17) is 0 Å². The van der Waals surface area contributed by atoms with Crippen LogP contribution in [0.3, 0.4) is 0 Å². The number of hydrogen-bond acceptors (Lipinski definition) is 5. The predicted molar refractivity (Wildman–Crippen MR) is 109 cm³/mol. The van der Waals surface area contributed by atoms with Gasteiger partial charge in [-0.2, -0.15) is 0 Å². The van der Waals surface area contributed by atoms with Crippen LogP contribution in [0.4, 0.5) is 11.4 Å². The van der Waals surface area contributed by atoms with Gasteiger partial charge in [0.1, 0.15) is 11.3 Å². The molecule has 1 aromatic carbocycles. The molecule has 3 aromatic rings. The SMILES string of the molecule is CCC(=O)Nc1ccc(C)c(NC(=O)CCc2nc3c([nH]2)c(=O)[nH]c(=O)n3C)c1. The van der Waals surface area contributed by atoms with Gasteiger partial charge in [-0.1, -0.05) is 13.0 Å². The van der Waals surface area contributed by atoms with Gasteiger partial charge in [0.15, 0.2) is 5.65 Å². The van der Waals surface area contributed by atoms with Crippen molar-refractivity contribution in [3.8, 4) is 0 Å². The molecule has 0 aliphatic rings. The number of benzene rings is 1. The Balaban J connectivity index is 1.70. The quantitative estimate of drug-likeness (QED) is 0.493.